The highest BCUT2D eigenvalue weighted by atomic mass is 35.5. The van der Waals surface area contributed by atoms with Crippen molar-refractivity contribution in [2.75, 3.05) is 36.4 Å². The first-order chi connectivity index (χ1) is 15.8. The average molecular weight is 493 g/mol. The van der Waals surface area contributed by atoms with E-state index in [2.05, 4.69) is 10.3 Å². The van der Waals surface area contributed by atoms with E-state index in [0.717, 1.165) is 30.1 Å². The molecule has 1 aromatic heterocycles. The van der Waals surface area contributed by atoms with Gasteiger partial charge in [-0.15, -0.1) is 0 Å². The van der Waals surface area contributed by atoms with E-state index >= 15 is 0 Å². The molecule has 33 heavy (non-hydrogen) atoms. The number of halogens is 3. The van der Waals surface area contributed by atoms with E-state index < -0.39 is 33.1 Å². The quantitative estimate of drug-likeness (QED) is 0.586. The molecule has 1 saturated heterocycles. The zero-order chi connectivity index (χ0) is 23.6. The molecule has 2 aromatic carbocycles. The maximum absolute atomic E-state index is 14.4. The molecule has 0 atom stereocenters. The monoisotopic (exact) mass is 492 g/mol. The van der Waals surface area contributed by atoms with Crippen molar-refractivity contribution in [3.8, 4) is 0 Å². The minimum absolute atomic E-state index is 0.132. The molecule has 0 radical (unpaired) electrons. The molecule has 7 nitrogen and oxygen atoms in total. The minimum atomic E-state index is -3.98. The Morgan fingerprint density at radius 3 is 2.39 bits per heavy atom. The zero-order valence-electron chi connectivity index (χ0n) is 17.2. The molecule has 172 valence electrons. The summed E-state index contributed by atoms with van der Waals surface area (Å²) >= 11 is 5.69. The Balaban J connectivity index is 1.52. The zero-order valence-corrected chi connectivity index (χ0v) is 18.8. The second kappa shape index (κ2) is 9.42. The first-order valence-electron chi connectivity index (χ1n) is 9.98. The van der Waals surface area contributed by atoms with Gasteiger partial charge in [-0.1, -0.05) is 17.7 Å². The van der Waals surface area contributed by atoms with Gasteiger partial charge in [-0.2, -0.15) is 4.31 Å². The van der Waals surface area contributed by atoms with Crippen LogP contribution in [0.3, 0.4) is 0 Å². The van der Waals surface area contributed by atoms with Gasteiger partial charge in [0.15, 0.2) is 0 Å². The van der Waals surface area contributed by atoms with E-state index in [0.29, 0.717) is 13.1 Å². The standard InChI is InChI=1S/C22H19ClF2N4O3S/c23-15-4-7-20(19(25)13-15)27-22(30)17-14-16(5-6-18(17)24)33(31,32)29-11-9-28(10-12-29)21-3-1-2-8-26-21/h1-8,13-14H,9-12H2,(H,27,30). The average Bonchev–Trinajstić information content (AvgIpc) is 2.81. The van der Waals surface area contributed by atoms with Crippen molar-refractivity contribution in [3.63, 3.8) is 0 Å². The molecule has 1 fully saturated rings. The van der Waals surface area contributed by atoms with Crippen molar-refractivity contribution < 1.29 is 22.0 Å². The SMILES string of the molecule is O=C(Nc1ccc(Cl)cc1F)c1cc(S(=O)(=O)N2CCN(c3ccccn3)CC2)ccc1F. The number of sulfonamides is 1. The van der Waals surface area contributed by atoms with Crippen LogP contribution in [0, 0.1) is 11.6 Å². The largest absolute Gasteiger partial charge is 0.354 e. The van der Waals surface area contributed by atoms with E-state index in [4.69, 9.17) is 11.6 Å². The number of hydrogen-bond acceptors (Lipinski definition) is 5. The highest BCUT2D eigenvalue weighted by Gasteiger charge is 2.30. The Labute approximate surface area is 194 Å². The number of nitrogens with zero attached hydrogens (tertiary/aromatic N) is 3. The molecule has 4 rings (SSSR count). The molecule has 0 aliphatic carbocycles. The number of carbonyl (C=O) groups excluding carboxylic acids is 1. The molecular formula is C22H19ClF2N4O3S. The smallest absolute Gasteiger partial charge is 0.258 e. The number of amides is 1. The summed E-state index contributed by atoms with van der Waals surface area (Å²) < 4.78 is 55.9. The van der Waals surface area contributed by atoms with E-state index in [1.165, 1.54) is 16.4 Å². The van der Waals surface area contributed by atoms with Crippen LogP contribution in [0.2, 0.25) is 5.02 Å². The predicted molar refractivity (Wildman–Crippen MR) is 121 cm³/mol. The second-order valence-electron chi connectivity index (χ2n) is 7.30. The lowest BCUT2D eigenvalue weighted by atomic mass is 10.2. The molecule has 1 amide bonds. The molecule has 0 unspecified atom stereocenters. The Hall–Kier alpha value is -3.08. The Bertz CT molecular complexity index is 1280. The molecule has 0 saturated carbocycles. The normalized spacial score (nSPS) is 14.8. The van der Waals surface area contributed by atoms with Gasteiger partial charge >= 0.3 is 0 Å². The summed E-state index contributed by atoms with van der Waals surface area (Å²) in [6, 6.07) is 12.1. The summed E-state index contributed by atoms with van der Waals surface area (Å²) in [5.41, 5.74) is -0.722. The fraction of sp³-hybridized carbons (Fsp3) is 0.182. The van der Waals surface area contributed by atoms with Gasteiger partial charge in [-0.25, -0.2) is 22.2 Å². The van der Waals surface area contributed by atoms with Crippen molar-refractivity contribution in [1.82, 2.24) is 9.29 Å². The van der Waals surface area contributed by atoms with Crippen LogP contribution in [-0.2, 0) is 10.0 Å². The third-order valence-corrected chi connectivity index (χ3v) is 7.34. The maximum Gasteiger partial charge on any atom is 0.258 e. The molecule has 0 bridgehead atoms. The van der Waals surface area contributed by atoms with E-state index in [9.17, 15) is 22.0 Å². The third-order valence-electron chi connectivity index (χ3n) is 5.21. The van der Waals surface area contributed by atoms with Gasteiger partial charge in [0, 0.05) is 37.4 Å². The van der Waals surface area contributed by atoms with Crippen LogP contribution < -0.4 is 10.2 Å². The number of rotatable bonds is 5. The number of benzene rings is 2. The summed E-state index contributed by atoms with van der Waals surface area (Å²) in [5, 5.41) is 2.37. The van der Waals surface area contributed by atoms with Crippen molar-refractivity contribution in [2.45, 2.75) is 4.90 Å². The van der Waals surface area contributed by atoms with E-state index in [-0.39, 0.29) is 28.7 Å². The Morgan fingerprint density at radius 1 is 0.970 bits per heavy atom. The van der Waals surface area contributed by atoms with Crippen LogP contribution in [0.1, 0.15) is 10.4 Å². The lowest BCUT2D eigenvalue weighted by Gasteiger charge is -2.34. The van der Waals surface area contributed by atoms with Gasteiger partial charge in [0.1, 0.15) is 17.5 Å². The van der Waals surface area contributed by atoms with Crippen molar-refractivity contribution in [2.24, 2.45) is 0 Å². The third kappa shape index (κ3) is 4.97. The van der Waals surface area contributed by atoms with Crippen LogP contribution in [0.15, 0.2) is 65.7 Å². The van der Waals surface area contributed by atoms with E-state index in [1.54, 1.807) is 12.3 Å². The van der Waals surface area contributed by atoms with Crippen LogP contribution in [0.5, 0.6) is 0 Å². The summed E-state index contributed by atoms with van der Waals surface area (Å²) in [5.74, 6) is -1.96. The Kier molecular flexibility index (Phi) is 6.59. The fourth-order valence-electron chi connectivity index (χ4n) is 3.47. The molecule has 1 N–H and O–H groups in total. The molecule has 11 heteroatoms. The van der Waals surface area contributed by atoms with Gasteiger partial charge in [0.05, 0.1) is 16.1 Å². The number of hydrogen-bond donors (Lipinski definition) is 1. The summed E-state index contributed by atoms with van der Waals surface area (Å²) in [6.07, 6.45) is 1.67. The fourth-order valence-corrected chi connectivity index (χ4v) is 5.07. The van der Waals surface area contributed by atoms with Gasteiger partial charge < -0.3 is 10.2 Å². The van der Waals surface area contributed by atoms with Crippen LogP contribution in [0.4, 0.5) is 20.3 Å². The topological polar surface area (TPSA) is 82.6 Å². The molecule has 3 aromatic rings. The summed E-state index contributed by atoms with van der Waals surface area (Å²) in [6.45, 7) is 1.27. The minimum Gasteiger partial charge on any atom is -0.354 e. The summed E-state index contributed by atoms with van der Waals surface area (Å²) in [7, 11) is -3.98. The highest BCUT2D eigenvalue weighted by Crippen LogP contribution is 2.24. The van der Waals surface area contributed by atoms with Crippen LogP contribution in [-0.4, -0.2) is 49.8 Å². The number of pyridine rings is 1. The number of anilines is 2. The van der Waals surface area contributed by atoms with Crippen molar-refractivity contribution in [3.05, 3.63) is 83.0 Å². The molecule has 1 aliphatic rings. The van der Waals surface area contributed by atoms with Gasteiger partial charge in [0.25, 0.3) is 5.91 Å². The van der Waals surface area contributed by atoms with Crippen LogP contribution >= 0.6 is 11.6 Å². The number of aromatic nitrogens is 1. The van der Waals surface area contributed by atoms with E-state index in [1.807, 2.05) is 17.0 Å². The second-order valence-corrected chi connectivity index (χ2v) is 9.67. The van der Waals surface area contributed by atoms with Gasteiger partial charge in [-0.3, -0.25) is 4.79 Å². The van der Waals surface area contributed by atoms with Crippen molar-refractivity contribution >= 4 is 39.0 Å². The number of carbonyl (C=O) groups is 1. The van der Waals surface area contributed by atoms with Crippen LogP contribution in [0.25, 0.3) is 0 Å². The predicted octanol–water partition coefficient (Wildman–Crippen LogP) is 3.78. The lowest BCUT2D eigenvalue weighted by molar-refractivity contribution is 0.102. The molecule has 2 heterocycles. The first-order valence-corrected chi connectivity index (χ1v) is 11.8. The molecular weight excluding hydrogens is 474 g/mol. The lowest BCUT2D eigenvalue weighted by Crippen LogP contribution is -2.48. The molecule has 1 aliphatic heterocycles. The Morgan fingerprint density at radius 2 is 1.73 bits per heavy atom. The number of piperazine rings is 1. The highest BCUT2D eigenvalue weighted by molar-refractivity contribution is 7.89. The van der Waals surface area contributed by atoms with Gasteiger partial charge in [-0.05, 0) is 48.5 Å². The van der Waals surface area contributed by atoms with Crippen molar-refractivity contribution in [1.29, 1.82) is 0 Å². The molecule has 0 spiro atoms. The maximum atomic E-state index is 14.4. The number of nitrogens with one attached hydrogen (secondary N) is 1. The first kappa shape index (κ1) is 23.1. The summed E-state index contributed by atoms with van der Waals surface area (Å²) in [4.78, 5) is 18.6. The van der Waals surface area contributed by atoms with Gasteiger partial charge in [0.2, 0.25) is 10.0 Å².